The van der Waals surface area contributed by atoms with Crippen molar-refractivity contribution in [2.24, 2.45) is 11.7 Å². The molecule has 0 saturated heterocycles. The highest BCUT2D eigenvalue weighted by atomic mass is 16.5. The van der Waals surface area contributed by atoms with Crippen molar-refractivity contribution in [2.45, 2.75) is 38.0 Å². The fourth-order valence-corrected chi connectivity index (χ4v) is 2.92. The maximum atomic E-state index is 5.63. The number of methoxy groups -OCH3 is 1. The predicted molar refractivity (Wildman–Crippen MR) is 71.4 cm³/mol. The third kappa shape index (κ3) is 3.22. The monoisotopic (exact) mass is 233 g/mol. The van der Waals surface area contributed by atoms with Crippen molar-refractivity contribution in [3.05, 3.63) is 29.8 Å². The van der Waals surface area contributed by atoms with Gasteiger partial charge in [-0.3, -0.25) is 0 Å². The third-order valence-electron chi connectivity index (χ3n) is 3.99. The molecule has 0 unspecified atom stereocenters. The van der Waals surface area contributed by atoms with Crippen molar-refractivity contribution in [3.63, 3.8) is 0 Å². The summed E-state index contributed by atoms with van der Waals surface area (Å²) < 4.78 is 5.29. The number of rotatable bonds is 4. The number of ether oxygens (including phenoxy) is 1. The van der Waals surface area contributed by atoms with E-state index in [2.05, 4.69) is 18.2 Å². The van der Waals surface area contributed by atoms with Gasteiger partial charge in [0.05, 0.1) is 7.11 Å². The molecule has 2 rings (SSSR count). The molecule has 0 atom stereocenters. The first-order valence-electron chi connectivity index (χ1n) is 6.67. The molecule has 0 spiro atoms. The minimum atomic E-state index is 0.721. The second kappa shape index (κ2) is 6.06. The highest BCUT2D eigenvalue weighted by Crippen LogP contribution is 2.37. The zero-order chi connectivity index (χ0) is 12.1. The van der Waals surface area contributed by atoms with Crippen LogP contribution in [0.25, 0.3) is 0 Å². The van der Waals surface area contributed by atoms with Crippen LogP contribution in [0.3, 0.4) is 0 Å². The summed E-state index contributed by atoms with van der Waals surface area (Å²) in [7, 11) is 1.73. The van der Waals surface area contributed by atoms with Crippen LogP contribution in [0.2, 0.25) is 0 Å². The van der Waals surface area contributed by atoms with E-state index in [-0.39, 0.29) is 0 Å². The number of hydrogen-bond acceptors (Lipinski definition) is 2. The van der Waals surface area contributed by atoms with Crippen molar-refractivity contribution in [1.29, 1.82) is 0 Å². The standard InChI is InChI=1S/C15H23NO/c1-17-15-4-2-3-14(11-15)13-7-5-12(6-8-13)9-10-16/h2-4,11-13H,5-10,16H2,1H3. The molecule has 1 aliphatic carbocycles. The molecule has 1 saturated carbocycles. The van der Waals surface area contributed by atoms with Gasteiger partial charge in [-0.05, 0) is 68.2 Å². The Kier molecular flexibility index (Phi) is 4.43. The summed E-state index contributed by atoms with van der Waals surface area (Å²) in [5, 5.41) is 0. The zero-order valence-corrected chi connectivity index (χ0v) is 10.7. The molecule has 94 valence electrons. The second-order valence-corrected chi connectivity index (χ2v) is 5.07. The van der Waals surface area contributed by atoms with Crippen LogP contribution in [0, 0.1) is 5.92 Å². The van der Waals surface area contributed by atoms with E-state index < -0.39 is 0 Å². The average Bonchev–Trinajstić information content (AvgIpc) is 2.40. The van der Waals surface area contributed by atoms with Gasteiger partial charge in [0.25, 0.3) is 0 Å². The van der Waals surface area contributed by atoms with Gasteiger partial charge in [0.15, 0.2) is 0 Å². The molecule has 1 aromatic carbocycles. The molecule has 17 heavy (non-hydrogen) atoms. The van der Waals surface area contributed by atoms with Gasteiger partial charge in [-0.25, -0.2) is 0 Å². The van der Waals surface area contributed by atoms with E-state index in [0.29, 0.717) is 0 Å². The molecular weight excluding hydrogens is 210 g/mol. The van der Waals surface area contributed by atoms with Crippen LogP contribution in [0.5, 0.6) is 5.75 Å². The third-order valence-corrected chi connectivity index (χ3v) is 3.99. The summed E-state index contributed by atoms with van der Waals surface area (Å²) >= 11 is 0. The Morgan fingerprint density at radius 2 is 2.00 bits per heavy atom. The molecule has 1 aliphatic rings. The van der Waals surface area contributed by atoms with Crippen molar-refractivity contribution < 1.29 is 4.74 Å². The smallest absolute Gasteiger partial charge is 0.119 e. The van der Waals surface area contributed by atoms with E-state index in [1.165, 1.54) is 37.7 Å². The highest BCUT2D eigenvalue weighted by molar-refractivity contribution is 5.31. The zero-order valence-electron chi connectivity index (χ0n) is 10.7. The van der Waals surface area contributed by atoms with Crippen LogP contribution in [0.15, 0.2) is 24.3 Å². The Hall–Kier alpha value is -1.02. The van der Waals surface area contributed by atoms with Crippen LogP contribution in [0.4, 0.5) is 0 Å². The van der Waals surface area contributed by atoms with Gasteiger partial charge in [0, 0.05) is 0 Å². The minimum absolute atomic E-state index is 0.721. The predicted octanol–water partition coefficient (Wildman–Crippen LogP) is 3.32. The van der Waals surface area contributed by atoms with Gasteiger partial charge >= 0.3 is 0 Å². The lowest BCUT2D eigenvalue weighted by atomic mass is 9.77. The number of hydrogen-bond donors (Lipinski definition) is 1. The maximum Gasteiger partial charge on any atom is 0.119 e. The van der Waals surface area contributed by atoms with Crippen molar-refractivity contribution in [2.75, 3.05) is 13.7 Å². The lowest BCUT2D eigenvalue weighted by Crippen LogP contribution is -2.16. The normalized spacial score (nSPS) is 24.6. The molecule has 0 aromatic heterocycles. The quantitative estimate of drug-likeness (QED) is 0.866. The van der Waals surface area contributed by atoms with E-state index >= 15 is 0 Å². The number of benzene rings is 1. The summed E-state index contributed by atoms with van der Waals surface area (Å²) in [5.41, 5.74) is 7.07. The molecule has 2 N–H and O–H groups in total. The summed E-state index contributed by atoms with van der Waals surface area (Å²) in [5.74, 6) is 2.56. The van der Waals surface area contributed by atoms with Crippen LogP contribution >= 0.6 is 0 Å². The summed E-state index contributed by atoms with van der Waals surface area (Å²) in [6, 6.07) is 8.54. The number of nitrogens with two attached hydrogens (primary N) is 1. The van der Waals surface area contributed by atoms with Gasteiger partial charge in [0.1, 0.15) is 5.75 Å². The molecule has 1 fully saturated rings. The molecule has 0 amide bonds. The van der Waals surface area contributed by atoms with Gasteiger partial charge in [-0.2, -0.15) is 0 Å². The van der Waals surface area contributed by atoms with Gasteiger partial charge in [-0.1, -0.05) is 12.1 Å². The molecule has 1 aromatic rings. The van der Waals surface area contributed by atoms with Crippen molar-refractivity contribution >= 4 is 0 Å². The Morgan fingerprint density at radius 1 is 1.24 bits per heavy atom. The maximum absolute atomic E-state index is 5.63. The lowest BCUT2D eigenvalue weighted by Gasteiger charge is -2.28. The molecular formula is C15H23NO. The Balaban J connectivity index is 1.95. The Labute approximate surface area is 104 Å². The van der Waals surface area contributed by atoms with Crippen LogP contribution in [-0.2, 0) is 0 Å². The van der Waals surface area contributed by atoms with Gasteiger partial charge in [0.2, 0.25) is 0 Å². The summed E-state index contributed by atoms with van der Waals surface area (Å²) in [6.45, 7) is 0.842. The van der Waals surface area contributed by atoms with E-state index in [1.54, 1.807) is 7.11 Å². The van der Waals surface area contributed by atoms with Gasteiger partial charge in [-0.15, -0.1) is 0 Å². The van der Waals surface area contributed by atoms with Gasteiger partial charge < -0.3 is 10.5 Å². The first-order chi connectivity index (χ1) is 8.33. The molecule has 0 heterocycles. The molecule has 0 bridgehead atoms. The van der Waals surface area contributed by atoms with Crippen LogP contribution in [-0.4, -0.2) is 13.7 Å². The van der Waals surface area contributed by atoms with E-state index in [4.69, 9.17) is 10.5 Å². The van der Waals surface area contributed by atoms with E-state index in [9.17, 15) is 0 Å². The lowest BCUT2D eigenvalue weighted by molar-refractivity contribution is 0.313. The minimum Gasteiger partial charge on any atom is -0.497 e. The highest BCUT2D eigenvalue weighted by Gasteiger charge is 2.21. The molecule has 0 radical (unpaired) electrons. The largest absolute Gasteiger partial charge is 0.497 e. The van der Waals surface area contributed by atoms with E-state index in [0.717, 1.165) is 24.1 Å². The first-order valence-corrected chi connectivity index (χ1v) is 6.67. The molecule has 2 heteroatoms. The molecule has 0 aliphatic heterocycles. The van der Waals surface area contributed by atoms with E-state index in [1.807, 2.05) is 6.07 Å². The van der Waals surface area contributed by atoms with Crippen molar-refractivity contribution in [3.8, 4) is 5.75 Å². The summed E-state index contributed by atoms with van der Waals surface area (Å²) in [4.78, 5) is 0. The fourth-order valence-electron chi connectivity index (χ4n) is 2.92. The van der Waals surface area contributed by atoms with Crippen LogP contribution in [0.1, 0.15) is 43.6 Å². The van der Waals surface area contributed by atoms with Crippen molar-refractivity contribution in [1.82, 2.24) is 0 Å². The Bertz CT molecular complexity index is 343. The fraction of sp³-hybridized carbons (Fsp3) is 0.600. The molecule has 2 nitrogen and oxygen atoms in total. The topological polar surface area (TPSA) is 35.2 Å². The SMILES string of the molecule is COc1cccc(C2CCC(CCN)CC2)c1. The summed E-state index contributed by atoms with van der Waals surface area (Å²) in [6.07, 6.45) is 6.47. The first kappa shape index (κ1) is 12.4. The Morgan fingerprint density at radius 3 is 2.65 bits per heavy atom. The average molecular weight is 233 g/mol. The second-order valence-electron chi connectivity index (χ2n) is 5.07. The van der Waals surface area contributed by atoms with Crippen LogP contribution < -0.4 is 10.5 Å².